The summed E-state index contributed by atoms with van der Waals surface area (Å²) in [6.07, 6.45) is 7.33. The molecule has 0 saturated heterocycles. The molecule has 0 aliphatic heterocycles. The van der Waals surface area contributed by atoms with Crippen LogP contribution in [0.4, 0.5) is 0 Å². The normalized spacial score (nSPS) is 13.6. The van der Waals surface area contributed by atoms with Crippen molar-refractivity contribution in [2.75, 3.05) is 0 Å². The van der Waals surface area contributed by atoms with E-state index >= 15 is 0 Å². The average molecular weight is 384 g/mol. The summed E-state index contributed by atoms with van der Waals surface area (Å²) in [5.41, 5.74) is 2.96. The number of carbonyl (C=O) groups excluding carboxylic acids is 1. The summed E-state index contributed by atoms with van der Waals surface area (Å²) in [6, 6.07) is 0.145. The maximum atomic E-state index is 10.9. The summed E-state index contributed by atoms with van der Waals surface area (Å²) < 4.78 is 0. The zero-order valence-corrected chi connectivity index (χ0v) is 17.8. The number of nitrogens with zero attached hydrogens (tertiary/aromatic N) is 1. The van der Waals surface area contributed by atoms with Gasteiger partial charge in [-0.25, -0.2) is 5.57 Å². The van der Waals surface area contributed by atoms with E-state index in [2.05, 4.69) is 45.2 Å². The fourth-order valence-electron chi connectivity index (χ4n) is 2.26. The third kappa shape index (κ3) is 10.4. The molecule has 0 atom stereocenters. The van der Waals surface area contributed by atoms with Gasteiger partial charge in [-0.1, -0.05) is 67.2 Å². The van der Waals surface area contributed by atoms with Gasteiger partial charge in [0, 0.05) is 0 Å². The first kappa shape index (κ1) is 23.9. The summed E-state index contributed by atoms with van der Waals surface area (Å²) in [4.78, 5) is 10.9. The summed E-state index contributed by atoms with van der Waals surface area (Å²) in [5.74, 6) is 1.77. The van der Waals surface area contributed by atoms with Crippen molar-refractivity contribution >= 4 is 5.91 Å². The second-order valence-electron chi connectivity index (χ2n) is 6.98. The van der Waals surface area contributed by atoms with Gasteiger partial charge in [0.1, 0.15) is 0 Å². The van der Waals surface area contributed by atoms with Gasteiger partial charge in [-0.3, -0.25) is 6.08 Å². The molecular formula is C19H33NNbO. The zero-order chi connectivity index (χ0) is 16.6. The molecule has 0 aromatic carbocycles. The number of rotatable bonds is 5. The van der Waals surface area contributed by atoms with Crippen LogP contribution in [0.5, 0.6) is 0 Å². The van der Waals surface area contributed by atoms with E-state index in [-0.39, 0.29) is 34.3 Å². The molecule has 1 amide bonds. The van der Waals surface area contributed by atoms with E-state index in [0.29, 0.717) is 24.2 Å². The number of carbonyl (C=O) groups is 1. The van der Waals surface area contributed by atoms with E-state index in [1.807, 2.05) is 27.7 Å². The second kappa shape index (κ2) is 12.2. The smallest absolute Gasteiger partial charge is 0.651 e. The van der Waals surface area contributed by atoms with Gasteiger partial charge in [-0.05, 0) is 12.3 Å². The summed E-state index contributed by atoms with van der Waals surface area (Å²) in [7, 11) is 0. The van der Waals surface area contributed by atoms with Gasteiger partial charge in [0.05, 0.1) is 5.91 Å². The Morgan fingerprint density at radius 2 is 1.64 bits per heavy atom. The van der Waals surface area contributed by atoms with Gasteiger partial charge in [0.2, 0.25) is 0 Å². The van der Waals surface area contributed by atoms with Crippen LogP contribution in [0.2, 0.25) is 0 Å². The Hall–Kier alpha value is -0.310. The molecule has 1 aliphatic rings. The van der Waals surface area contributed by atoms with Gasteiger partial charge < -0.3 is 10.1 Å². The number of hydrogen-bond acceptors (Lipinski definition) is 1. The van der Waals surface area contributed by atoms with Crippen LogP contribution in [0.1, 0.15) is 68.2 Å². The first-order valence-corrected chi connectivity index (χ1v) is 8.19. The van der Waals surface area contributed by atoms with Crippen LogP contribution in [-0.4, -0.2) is 11.9 Å². The molecule has 0 fully saturated rings. The van der Waals surface area contributed by atoms with E-state index in [1.54, 1.807) is 0 Å². The van der Waals surface area contributed by atoms with Crippen molar-refractivity contribution in [3.8, 4) is 0 Å². The molecule has 1 aliphatic carbocycles. The summed E-state index contributed by atoms with van der Waals surface area (Å²) in [6.45, 7) is 16.9. The molecule has 22 heavy (non-hydrogen) atoms. The van der Waals surface area contributed by atoms with E-state index in [1.165, 1.54) is 11.1 Å². The quantitative estimate of drug-likeness (QED) is 0.442. The monoisotopic (exact) mass is 384 g/mol. The summed E-state index contributed by atoms with van der Waals surface area (Å²) in [5, 5.41) is 3.88. The van der Waals surface area contributed by atoms with Crippen molar-refractivity contribution in [3.05, 3.63) is 28.6 Å². The van der Waals surface area contributed by atoms with Crippen LogP contribution < -0.4 is 0 Å². The predicted molar refractivity (Wildman–Crippen MR) is 92.1 cm³/mol. The van der Waals surface area contributed by atoms with Gasteiger partial charge in [-0.2, -0.15) is 11.6 Å². The Labute approximate surface area is 153 Å². The Bertz CT molecular complexity index is 345. The van der Waals surface area contributed by atoms with Crippen molar-refractivity contribution in [1.29, 1.82) is 0 Å². The standard InChI is InChI=1S/C11H17.C8H17NO.Nb/c1-8(2)10-6-5-7-11(10)9(3)4;1-6(2)5-8(10)9-7(3)4;/h6,8-9H,5H2,1-4H3;6-7H,5H2,1-4H3,(H,9,10);/q-1;;+2/p-1. The van der Waals surface area contributed by atoms with Gasteiger partial charge in [0.25, 0.3) is 0 Å². The van der Waals surface area contributed by atoms with Crippen molar-refractivity contribution in [2.24, 2.45) is 17.8 Å². The van der Waals surface area contributed by atoms with Crippen LogP contribution in [0.25, 0.3) is 5.32 Å². The fraction of sp³-hybridized carbons (Fsp3) is 0.737. The molecular weight excluding hydrogens is 351 g/mol. The molecule has 3 heteroatoms. The van der Waals surface area contributed by atoms with E-state index in [0.717, 1.165) is 6.42 Å². The second-order valence-corrected chi connectivity index (χ2v) is 6.98. The Balaban J connectivity index is 0. The van der Waals surface area contributed by atoms with E-state index < -0.39 is 0 Å². The van der Waals surface area contributed by atoms with Gasteiger partial charge in [-0.15, -0.1) is 12.5 Å². The Morgan fingerprint density at radius 1 is 1.09 bits per heavy atom. The maximum absolute atomic E-state index is 10.9. The van der Waals surface area contributed by atoms with Crippen LogP contribution in [0.15, 0.2) is 17.2 Å². The first-order valence-electron chi connectivity index (χ1n) is 8.19. The molecule has 0 heterocycles. The molecule has 0 N–H and O–H groups in total. The minimum absolute atomic E-state index is 0. The average Bonchev–Trinajstić information content (AvgIpc) is 2.75. The maximum Gasteiger partial charge on any atom is 2.00 e. The molecule has 125 valence electrons. The Morgan fingerprint density at radius 3 is 1.95 bits per heavy atom. The van der Waals surface area contributed by atoms with E-state index in [9.17, 15) is 4.79 Å². The van der Waals surface area contributed by atoms with Crippen molar-refractivity contribution in [3.63, 3.8) is 0 Å². The van der Waals surface area contributed by atoms with Crippen LogP contribution in [0.3, 0.4) is 0 Å². The predicted octanol–water partition coefficient (Wildman–Crippen LogP) is 5.70. The van der Waals surface area contributed by atoms with Crippen LogP contribution >= 0.6 is 0 Å². The SMILES string of the molecule is CC(C)C1=[C-]CC=C1C(C)C.CC(C)CC(=O)[N-]C(C)C.[Nb+2]. The fourth-order valence-corrected chi connectivity index (χ4v) is 2.26. The van der Waals surface area contributed by atoms with Gasteiger partial charge in [0.15, 0.2) is 0 Å². The minimum atomic E-state index is 0. The van der Waals surface area contributed by atoms with Crippen molar-refractivity contribution in [1.82, 2.24) is 0 Å². The van der Waals surface area contributed by atoms with Gasteiger partial charge >= 0.3 is 22.4 Å². The zero-order valence-electron chi connectivity index (χ0n) is 15.6. The largest absolute Gasteiger partial charge is 2.00 e. The Kier molecular flexibility index (Phi) is 13.2. The molecule has 0 unspecified atom stereocenters. The molecule has 0 saturated carbocycles. The number of hydrogen-bond donors (Lipinski definition) is 0. The molecule has 0 aromatic rings. The van der Waals surface area contributed by atoms with E-state index in [4.69, 9.17) is 0 Å². The number of amides is 1. The van der Waals surface area contributed by atoms with Crippen LogP contribution in [-0.2, 0) is 27.2 Å². The molecule has 1 radical (unpaired) electrons. The molecule has 0 aromatic heterocycles. The molecule has 1 rings (SSSR count). The molecule has 2 nitrogen and oxygen atoms in total. The first-order chi connectivity index (χ1) is 9.65. The third-order valence-corrected chi connectivity index (χ3v) is 3.11. The number of allylic oxidation sites excluding steroid dienone is 4. The van der Waals surface area contributed by atoms with Crippen LogP contribution in [0, 0.1) is 23.8 Å². The molecule has 0 spiro atoms. The minimum Gasteiger partial charge on any atom is -0.651 e. The summed E-state index contributed by atoms with van der Waals surface area (Å²) >= 11 is 0. The molecule has 0 bridgehead atoms. The third-order valence-electron chi connectivity index (χ3n) is 3.11. The topological polar surface area (TPSA) is 31.2 Å². The van der Waals surface area contributed by atoms with Crippen molar-refractivity contribution < 1.29 is 27.2 Å². The van der Waals surface area contributed by atoms with Crippen molar-refractivity contribution in [2.45, 2.75) is 74.3 Å².